The minimum Gasteiger partial charge on any atom is -0.341 e. The molecule has 1 fully saturated rings. The van der Waals surface area contributed by atoms with Gasteiger partial charge in [0.15, 0.2) is 0 Å². The molecule has 0 bridgehead atoms. The molecule has 1 aliphatic carbocycles. The van der Waals surface area contributed by atoms with Crippen LogP contribution in [0.1, 0.15) is 30.9 Å². The molecule has 1 aromatic rings. The van der Waals surface area contributed by atoms with Crippen LogP contribution in [0.5, 0.6) is 0 Å². The van der Waals surface area contributed by atoms with E-state index in [0.29, 0.717) is 0 Å². The van der Waals surface area contributed by atoms with Gasteiger partial charge in [-0.2, -0.15) is 0 Å². The summed E-state index contributed by atoms with van der Waals surface area (Å²) in [6, 6.07) is 8.38. The third-order valence-corrected chi connectivity index (χ3v) is 4.25. The quantitative estimate of drug-likeness (QED) is 0.895. The van der Waals surface area contributed by atoms with Gasteiger partial charge in [0.1, 0.15) is 0 Å². The van der Waals surface area contributed by atoms with E-state index in [-0.39, 0.29) is 11.9 Å². The van der Waals surface area contributed by atoms with Gasteiger partial charge in [-0.05, 0) is 43.2 Å². The molecule has 3 rings (SSSR count). The fourth-order valence-electron chi connectivity index (χ4n) is 2.84. The average molecular weight is 258 g/mol. The first-order chi connectivity index (χ1) is 9.28. The van der Waals surface area contributed by atoms with Crippen LogP contribution in [-0.2, 0) is 17.8 Å². The van der Waals surface area contributed by atoms with Crippen LogP contribution >= 0.6 is 0 Å². The molecule has 0 spiro atoms. The summed E-state index contributed by atoms with van der Waals surface area (Å²) >= 11 is 0. The molecule has 3 heteroatoms. The second-order valence-electron chi connectivity index (χ2n) is 5.73. The van der Waals surface area contributed by atoms with Gasteiger partial charge in [0, 0.05) is 19.6 Å². The summed E-state index contributed by atoms with van der Waals surface area (Å²) in [7, 11) is 0. The number of carbonyl (C=O) groups is 1. The minimum atomic E-state index is -0.0337. The maximum absolute atomic E-state index is 12.6. The third-order valence-electron chi connectivity index (χ3n) is 4.25. The van der Waals surface area contributed by atoms with Crippen molar-refractivity contribution in [2.75, 3.05) is 13.1 Å². The number of hydrogen-bond donors (Lipinski definition) is 1. The van der Waals surface area contributed by atoms with Crippen molar-refractivity contribution in [1.82, 2.24) is 10.2 Å². The van der Waals surface area contributed by atoms with E-state index in [2.05, 4.69) is 36.5 Å². The Bertz CT molecular complexity index is 468. The highest BCUT2D eigenvalue weighted by molar-refractivity contribution is 5.82. The molecule has 2 aliphatic rings. The maximum Gasteiger partial charge on any atom is 0.240 e. The van der Waals surface area contributed by atoms with Crippen molar-refractivity contribution in [2.45, 2.75) is 38.8 Å². The molecular weight excluding hydrogens is 236 g/mol. The van der Waals surface area contributed by atoms with E-state index in [9.17, 15) is 4.79 Å². The molecule has 0 unspecified atom stereocenters. The van der Waals surface area contributed by atoms with Gasteiger partial charge in [0.25, 0.3) is 0 Å². The van der Waals surface area contributed by atoms with Crippen molar-refractivity contribution in [3.8, 4) is 0 Å². The molecule has 1 aromatic carbocycles. The van der Waals surface area contributed by atoms with Gasteiger partial charge in [-0.1, -0.05) is 24.3 Å². The van der Waals surface area contributed by atoms with Crippen LogP contribution in [0.2, 0.25) is 0 Å². The zero-order valence-corrected chi connectivity index (χ0v) is 11.6. The average Bonchev–Trinajstić information content (AvgIpc) is 3.27. The number of carbonyl (C=O) groups excluding carboxylic acids is 1. The minimum absolute atomic E-state index is 0.0337. The van der Waals surface area contributed by atoms with Crippen LogP contribution in [0.4, 0.5) is 0 Å². The number of fused-ring (bicyclic) bond motifs is 1. The van der Waals surface area contributed by atoms with Crippen molar-refractivity contribution in [3.05, 3.63) is 35.4 Å². The highest BCUT2D eigenvalue weighted by atomic mass is 16.2. The summed E-state index contributed by atoms with van der Waals surface area (Å²) in [4.78, 5) is 14.6. The molecule has 1 aliphatic heterocycles. The lowest BCUT2D eigenvalue weighted by Gasteiger charge is -2.30. The number of amides is 1. The zero-order chi connectivity index (χ0) is 13.2. The summed E-state index contributed by atoms with van der Waals surface area (Å²) in [5.74, 6) is 1.05. The first-order valence-electron chi connectivity index (χ1n) is 7.37. The number of nitrogens with one attached hydrogen (secondary N) is 1. The van der Waals surface area contributed by atoms with Gasteiger partial charge < -0.3 is 10.2 Å². The van der Waals surface area contributed by atoms with Crippen LogP contribution in [0, 0.1) is 5.92 Å². The Balaban J connectivity index is 1.67. The van der Waals surface area contributed by atoms with Crippen LogP contribution < -0.4 is 5.32 Å². The molecular formula is C16H22N2O. The normalized spacial score (nSPS) is 21.8. The number of rotatable bonds is 4. The van der Waals surface area contributed by atoms with Crippen molar-refractivity contribution < 1.29 is 4.79 Å². The fourth-order valence-corrected chi connectivity index (χ4v) is 2.84. The van der Waals surface area contributed by atoms with E-state index in [0.717, 1.165) is 32.0 Å². The number of likely N-dealkylation sites (N-methyl/N-ethyl adjacent to an activating group) is 1. The molecule has 1 N–H and O–H groups in total. The lowest BCUT2D eigenvalue weighted by Crippen LogP contribution is -2.49. The Morgan fingerprint density at radius 3 is 2.74 bits per heavy atom. The van der Waals surface area contributed by atoms with E-state index in [1.54, 1.807) is 0 Å². The van der Waals surface area contributed by atoms with E-state index in [1.807, 2.05) is 4.90 Å². The molecule has 3 nitrogen and oxygen atoms in total. The van der Waals surface area contributed by atoms with Crippen molar-refractivity contribution in [3.63, 3.8) is 0 Å². The smallest absolute Gasteiger partial charge is 0.240 e. The van der Waals surface area contributed by atoms with Gasteiger partial charge >= 0.3 is 0 Å². The topological polar surface area (TPSA) is 32.3 Å². The monoisotopic (exact) mass is 258 g/mol. The molecule has 102 valence electrons. The standard InChI is InChI=1S/C16H22N2O/c1-2-18(11-12-7-8-12)16(19)15-9-13-5-3-4-6-14(13)10-17-15/h3-6,12,15,17H,2,7-11H2,1H3/t15-/m1/s1. The fraction of sp³-hybridized carbons (Fsp3) is 0.562. The summed E-state index contributed by atoms with van der Waals surface area (Å²) in [5.41, 5.74) is 2.65. The number of benzene rings is 1. The van der Waals surface area contributed by atoms with E-state index >= 15 is 0 Å². The van der Waals surface area contributed by atoms with Crippen LogP contribution in [0.3, 0.4) is 0 Å². The largest absolute Gasteiger partial charge is 0.341 e. The van der Waals surface area contributed by atoms with Crippen LogP contribution in [0.15, 0.2) is 24.3 Å². The Morgan fingerprint density at radius 1 is 1.32 bits per heavy atom. The Kier molecular flexibility index (Phi) is 3.56. The van der Waals surface area contributed by atoms with Gasteiger partial charge in [-0.15, -0.1) is 0 Å². The second-order valence-corrected chi connectivity index (χ2v) is 5.73. The van der Waals surface area contributed by atoms with Gasteiger partial charge in [0.2, 0.25) is 5.91 Å². The Hall–Kier alpha value is -1.35. The number of nitrogens with zero attached hydrogens (tertiary/aromatic N) is 1. The lowest BCUT2D eigenvalue weighted by atomic mass is 9.95. The summed E-state index contributed by atoms with van der Waals surface area (Å²) in [6.07, 6.45) is 3.42. The van der Waals surface area contributed by atoms with Gasteiger partial charge in [-0.25, -0.2) is 0 Å². The molecule has 1 saturated carbocycles. The molecule has 0 aromatic heterocycles. The summed E-state index contributed by atoms with van der Waals surface area (Å²) in [5, 5.41) is 3.39. The van der Waals surface area contributed by atoms with Crippen molar-refractivity contribution in [1.29, 1.82) is 0 Å². The predicted octanol–water partition coefficient (Wildman–Crippen LogP) is 1.96. The Labute approximate surface area is 115 Å². The second kappa shape index (κ2) is 5.33. The molecule has 19 heavy (non-hydrogen) atoms. The van der Waals surface area contributed by atoms with E-state index in [1.165, 1.54) is 24.0 Å². The molecule has 1 atom stereocenters. The SMILES string of the molecule is CCN(CC1CC1)C(=O)[C@H]1Cc2ccccc2CN1. The van der Waals surface area contributed by atoms with Crippen molar-refractivity contribution >= 4 is 5.91 Å². The van der Waals surface area contributed by atoms with Crippen LogP contribution in [-0.4, -0.2) is 29.9 Å². The van der Waals surface area contributed by atoms with Gasteiger partial charge in [0.05, 0.1) is 6.04 Å². The predicted molar refractivity (Wildman–Crippen MR) is 75.8 cm³/mol. The van der Waals surface area contributed by atoms with E-state index in [4.69, 9.17) is 0 Å². The van der Waals surface area contributed by atoms with Crippen LogP contribution in [0.25, 0.3) is 0 Å². The van der Waals surface area contributed by atoms with Crippen molar-refractivity contribution in [2.24, 2.45) is 5.92 Å². The zero-order valence-electron chi connectivity index (χ0n) is 11.6. The molecule has 0 saturated heterocycles. The molecule has 1 heterocycles. The van der Waals surface area contributed by atoms with Gasteiger partial charge in [-0.3, -0.25) is 4.79 Å². The highest BCUT2D eigenvalue weighted by Gasteiger charge is 2.31. The third kappa shape index (κ3) is 2.81. The maximum atomic E-state index is 12.6. The first-order valence-corrected chi connectivity index (χ1v) is 7.37. The number of hydrogen-bond acceptors (Lipinski definition) is 2. The molecule has 0 radical (unpaired) electrons. The highest BCUT2D eigenvalue weighted by Crippen LogP contribution is 2.30. The van der Waals surface area contributed by atoms with E-state index < -0.39 is 0 Å². The summed E-state index contributed by atoms with van der Waals surface area (Å²) < 4.78 is 0. The lowest BCUT2D eigenvalue weighted by molar-refractivity contribution is -0.133. The molecule has 1 amide bonds. The Morgan fingerprint density at radius 2 is 2.05 bits per heavy atom. The summed E-state index contributed by atoms with van der Waals surface area (Å²) in [6.45, 7) is 4.68. The first kappa shape index (κ1) is 12.7.